The Hall–Kier alpha value is -0.340. The summed E-state index contributed by atoms with van der Waals surface area (Å²) in [4.78, 5) is 1.53. The van der Waals surface area contributed by atoms with Crippen LogP contribution in [0.4, 0.5) is 0 Å². The molecule has 0 aliphatic heterocycles. The largest absolute Gasteiger partial charge is 0.317 e. The summed E-state index contributed by atoms with van der Waals surface area (Å²) in [6, 6.07) is 5.12. The lowest BCUT2D eigenvalue weighted by Crippen LogP contribution is -2.43. The topological polar surface area (TPSA) is 12.0 Å². The van der Waals surface area contributed by atoms with Crippen LogP contribution >= 0.6 is 11.3 Å². The number of nitrogens with one attached hydrogen (secondary N) is 1. The number of hydrogen-bond donors (Lipinski definition) is 1. The van der Waals surface area contributed by atoms with E-state index in [4.69, 9.17) is 0 Å². The van der Waals surface area contributed by atoms with Crippen molar-refractivity contribution >= 4 is 11.3 Å². The van der Waals surface area contributed by atoms with Crippen molar-refractivity contribution in [1.29, 1.82) is 0 Å². The van der Waals surface area contributed by atoms with Crippen molar-refractivity contribution in [3.8, 4) is 0 Å². The van der Waals surface area contributed by atoms with E-state index in [9.17, 15) is 0 Å². The summed E-state index contributed by atoms with van der Waals surface area (Å²) in [5.41, 5.74) is 0.515. The second-order valence-corrected chi connectivity index (χ2v) is 7.39. The third kappa shape index (κ3) is 3.36. The normalized spacial score (nSPS) is 24.9. The standard InChI is InChI=1S/C16H27NS/c1-16(2)11-5-4-8-14(16)15(17-3)10-9-13-7-6-12-18-13/h6-7,12,14-15,17H,4-5,8-11H2,1-3H3. The first-order valence-electron chi connectivity index (χ1n) is 7.33. The van der Waals surface area contributed by atoms with E-state index in [1.165, 1.54) is 43.4 Å². The predicted octanol–water partition coefficient (Wildman–Crippen LogP) is 4.49. The quantitative estimate of drug-likeness (QED) is 0.827. The predicted molar refractivity (Wildman–Crippen MR) is 81.2 cm³/mol. The number of thiophene rings is 1. The fraction of sp³-hybridized carbons (Fsp3) is 0.750. The first-order chi connectivity index (χ1) is 8.63. The lowest BCUT2D eigenvalue weighted by atomic mass is 9.65. The SMILES string of the molecule is CNC(CCc1cccs1)C1CCCCC1(C)C. The molecule has 0 saturated heterocycles. The monoisotopic (exact) mass is 265 g/mol. The zero-order valence-electron chi connectivity index (χ0n) is 12.0. The number of rotatable bonds is 5. The van der Waals surface area contributed by atoms with E-state index in [0.29, 0.717) is 11.5 Å². The molecule has 1 aromatic rings. The van der Waals surface area contributed by atoms with Crippen LogP contribution in [0.1, 0.15) is 50.8 Å². The Morgan fingerprint density at radius 3 is 2.89 bits per heavy atom. The first-order valence-corrected chi connectivity index (χ1v) is 8.21. The highest BCUT2D eigenvalue weighted by Crippen LogP contribution is 2.43. The van der Waals surface area contributed by atoms with Crippen LogP contribution in [0.3, 0.4) is 0 Å². The molecule has 0 aromatic carbocycles. The minimum atomic E-state index is 0.515. The molecular weight excluding hydrogens is 238 g/mol. The third-order valence-corrected chi connectivity index (χ3v) is 5.66. The molecule has 0 bridgehead atoms. The molecule has 2 heteroatoms. The van der Waals surface area contributed by atoms with Crippen LogP contribution in [0.5, 0.6) is 0 Å². The third-order valence-electron chi connectivity index (χ3n) is 4.73. The van der Waals surface area contributed by atoms with Crippen LogP contribution in [0, 0.1) is 11.3 Å². The number of hydrogen-bond acceptors (Lipinski definition) is 2. The van der Waals surface area contributed by atoms with E-state index in [1.807, 2.05) is 11.3 Å². The van der Waals surface area contributed by atoms with Crippen LogP contribution < -0.4 is 5.32 Å². The van der Waals surface area contributed by atoms with E-state index < -0.39 is 0 Å². The molecular formula is C16H27NS. The Labute approximate surface area is 116 Å². The zero-order valence-corrected chi connectivity index (χ0v) is 12.9. The average molecular weight is 265 g/mol. The second kappa shape index (κ2) is 6.21. The molecule has 1 aromatic heterocycles. The zero-order chi connectivity index (χ0) is 13.0. The van der Waals surface area contributed by atoms with Crippen LogP contribution in [-0.2, 0) is 6.42 Å². The molecule has 1 N–H and O–H groups in total. The van der Waals surface area contributed by atoms with Gasteiger partial charge in [0.05, 0.1) is 0 Å². The van der Waals surface area contributed by atoms with Gasteiger partial charge in [-0.15, -0.1) is 11.3 Å². The van der Waals surface area contributed by atoms with Gasteiger partial charge in [-0.25, -0.2) is 0 Å². The van der Waals surface area contributed by atoms with Gasteiger partial charge in [-0.3, -0.25) is 0 Å². The van der Waals surface area contributed by atoms with Gasteiger partial charge >= 0.3 is 0 Å². The van der Waals surface area contributed by atoms with E-state index in [-0.39, 0.29) is 0 Å². The summed E-state index contributed by atoms with van der Waals surface area (Å²) in [7, 11) is 2.14. The Kier molecular flexibility index (Phi) is 4.85. The van der Waals surface area contributed by atoms with Gasteiger partial charge in [0, 0.05) is 10.9 Å². The molecule has 0 radical (unpaired) electrons. The Balaban J connectivity index is 1.94. The van der Waals surface area contributed by atoms with Crippen molar-refractivity contribution in [3.63, 3.8) is 0 Å². The Bertz CT molecular complexity index is 342. The molecule has 1 nitrogen and oxygen atoms in total. The molecule has 2 unspecified atom stereocenters. The highest BCUT2D eigenvalue weighted by atomic mass is 32.1. The maximum absolute atomic E-state index is 3.59. The summed E-state index contributed by atoms with van der Waals surface area (Å²) in [6.45, 7) is 4.93. The lowest BCUT2D eigenvalue weighted by molar-refractivity contribution is 0.0979. The molecule has 0 spiro atoms. The van der Waals surface area contributed by atoms with Crippen LogP contribution in [0.15, 0.2) is 17.5 Å². The molecule has 2 rings (SSSR count). The Morgan fingerprint density at radius 1 is 1.44 bits per heavy atom. The van der Waals surface area contributed by atoms with Gasteiger partial charge in [-0.05, 0) is 55.5 Å². The smallest absolute Gasteiger partial charge is 0.0101 e. The summed E-state index contributed by atoms with van der Waals surface area (Å²) < 4.78 is 0. The second-order valence-electron chi connectivity index (χ2n) is 6.35. The van der Waals surface area contributed by atoms with Crippen molar-refractivity contribution in [2.75, 3.05) is 7.05 Å². The molecule has 0 amide bonds. The van der Waals surface area contributed by atoms with Gasteiger partial charge < -0.3 is 5.32 Å². The minimum absolute atomic E-state index is 0.515. The van der Waals surface area contributed by atoms with Gasteiger partial charge in [0.2, 0.25) is 0 Å². The highest BCUT2D eigenvalue weighted by Gasteiger charge is 2.36. The van der Waals surface area contributed by atoms with Gasteiger partial charge in [0.25, 0.3) is 0 Å². The van der Waals surface area contributed by atoms with Crippen molar-refractivity contribution < 1.29 is 0 Å². The van der Waals surface area contributed by atoms with Crippen molar-refractivity contribution in [2.24, 2.45) is 11.3 Å². The van der Waals surface area contributed by atoms with Crippen molar-refractivity contribution in [2.45, 2.75) is 58.4 Å². The van der Waals surface area contributed by atoms with Crippen LogP contribution in [0.25, 0.3) is 0 Å². The molecule has 2 atom stereocenters. The van der Waals surface area contributed by atoms with E-state index in [2.05, 4.69) is 43.7 Å². The fourth-order valence-corrected chi connectivity index (χ4v) is 4.29. The maximum Gasteiger partial charge on any atom is 0.0101 e. The summed E-state index contributed by atoms with van der Waals surface area (Å²) in [5.74, 6) is 0.844. The van der Waals surface area contributed by atoms with Gasteiger partial charge in [0.15, 0.2) is 0 Å². The van der Waals surface area contributed by atoms with Gasteiger partial charge in [0.1, 0.15) is 0 Å². The van der Waals surface area contributed by atoms with Crippen LogP contribution in [0.2, 0.25) is 0 Å². The van der Waals surface area contributed by atoms with Gasteiger partial charge in [-0.2, -0.15) is 0 Å². The van der Waals surface area contributed by atoms with Crippen molar-refractivity contribution in [3.05, 3.63) is 22.4 Å². The Morgan fingerprint density at radius 2 is 2.28 bits per heavy atom. The summed E-state index contributed by atoms with van der Waals surface area (Å²) in [5, 5.41) is 5.78. The average Bonchev–Trinajstić information content (AvgIpc) is 2.84. The molecule has 1 fully saturated rings. The lowest BCUT2D eigenvalue weighted by Gasteiger charge is -2.43. The van der Waals surface area contributed by atoms with E-state index in [0.717, 1.165) is 5.92 Å². The number of aryl methyl sites for hydroxylation is 1. The molecule has 1 heterocycles. The highest BCUT2D eigenvalue weighted by molar-refractivity contribution is 7.09. The van der Waals surface area contributed by atoms with Gasteiger partial charge in [-0.1, -0.05) is 32.8 Å². The molecule has 1 saturated carbocycles. The van der Waals surface area contributed by atoms with E-state index >= 15 is 0 Å². The molecule has 1 aliphatic carbocycles. The summed E-state index contributed by atoms with van der Waals surface area (Å²) in [6.07, 6.45) is 8.16. The fourth-order valence-electron chi connectivity index (χ4n) is 3.57. The summed E-state index contributed by atoms with van der Waals surface area (Å²) >= 11 is 1.89. The van der Waals surface area contributed by atoms with Crippen molar-refractivity contribution in [1.82, 2.24) is 5.32 Å². The van der Waals surface area contributed by atoms with E-state index in [1.54, 1.807) is 0 Å². The van der Waals surface area contributed by atoms with Crippen LogP contribution in [-0.4, -0.2) is 13.1 Å². The maximum atomic E-state index is 3.59. The molecule has 102 valence electrons. The minimum Gasteiger partial charge on any atom is -0.317 e. The molecule has 18 heavy (non-hydrogen) atoms. The first kappa shape index (κ1) is 14.1. The molecule has 1 aliphatic rings.